The van der Waals surface area contributed by atoms with E-state index in [2.05, 4.69) is 9.26 Å². The SMILES string of the molecule is COC(=O)C=C(OP(=O)(O)O)C(=O)N(C)C. The van der Waals surface area contributed by atoms with E-state index in [-0.39, 0.29) is 0 Å². The number of esters is 1. The molecule has 0 bridgehead atoms. The van der Waals surface area contributed by atoms with Gasteiger partial charge in [-0.05, 0) is 0 Å². The highest BCUT2D eigenvalue weighted by atomic mass is 31.2. The van der Waals surface area contributed by atoms with Gasteiger partial charge in [0, 0.05) is 14.1 Å². The maximum Gasteiger partial charge on any atom is 0.524 e. The van der Waals surface area contributed by atoms with Crippen molar-refractivity contribution in [2.75, 3.05) is 21.2 Å². The molecule has 0 fully saturated rings. The molecule has 0 unspecified atom stereocenters. The van der Waals surface area contributed by atoms with Gasteiger partial charge in [-0.2, -0.15) is 0 Å². The highest BCUT2D eigenvalue weighted by molar-refractivity contribution is 7.46. The molecule has 16 heavy (non-hydrogen) atoms. The third kappa shape index (κ3) is 5.50. The van der Waals surface area contributed by atoms with E-state index in [4.69, 9.17) is 9.79 Å². The van der Waals surface area contributed by atoms with Crippen LogP contribution >= 0.6 is 7.82 Å². The second-order valence-electron chi connectivity index (χ2n) is 2.81. The van der Waals surface area contributed by atoms with E-state index >= 15 is 0 Å². The molecule has 0 saturated heterocycles. The highest BCUT2D eigenvalue weighted by Crippen LogP contribution is 2.39. The number of hydrogen-bond donors (Lipinski definition) is 2. The molecule has 0 aliphatic heterocycles. The van der Waals surface area contributed by atoms with E-state index in [1.165, 1.54) is 14.1 Å². The van der Waals surface area contributed by atoms with Crippen molar-refractivity contribution in [2.45, 2.75) is 0 Å². The van der Waals surface area contributed by atoms with Crippen molar-refractivity contribution in [2.24, 2.45) is 0 Å². The Morgan fingerprint density at radius 2 is 1.81 bits per heavy atom. The number of phosphoric acid groups is 1. The lowest BCUT2D eigenvalue weighted by Gasteiger charge is -2.14. The van der Waals surface area contributed by atoms with E-state index in [1.807, 2.05) is 0 Å². The van der Waals surface area contributed by atoms with E-state index in [9.17, 15) is 14.2 Å². The van der Waals surface area contributed by atoms with Gasteiger partial charge in [-0.15, -0.1) is 0 Å². The lowest BCUT2D eigenvalue weighted by Crippen LogP contribution is -2.25. The molecule has 0 radical (unpaired) electrons. The summed E-state index contributed by atoms with van der Waals surface area (Å²) in [5, 5.41) is 0. The Hall–Kier alpha value is -1.37. The summed E-state index contributed by atoms with van der Waals surface area (Å²) in [5.74, 6) is -2.61. The third-order valence-corrected chi connectivity index (χ3v) is 1.72. The molecule has 2 N–H and O–H groups in total. The number of likely N-dealkylation sites (N-methyl/N-ethyl adjacent to an activating group) is 1. The molecule has 0 aliphatic rings. The first kappa shape index (κ1) is 14.6. The van der Waals surface area contributed by atoms with Crippen molar-refractivity contribution in [3.63, 3.8) is 0 Å². The zero-order valence-corrected chi connectivity index (χ0v) is 9.80. The number of nitrogens with zero attached hydrogens (tertiary/aromatic N) is 1. The minimum absolute atomic E-state index is 0.557. The smallest absolute Gasteiger partial charge is 0.466 e. The minimum atomic E-state index is -4.91. The zero-order valence-electron chi connectivity index (χ0n) is 8.91. The number of carbonyl (C=O) groups excluding carboxylic acids is 2. The second-order valence-corrected chi connectivity index (χ2v) is 3.98. The lowest BCUT2D eigenvalue weighted by atomic mass is 10.4. The molecule has 0 aromatic rings. The number of rotatable bonds is 4. The summed E-state index contributed by atoms with van der Waals surface area (Å²) in [4.78, 5) is 40.2. The van der Waals surface area contributed by atoms with Gasteiger partial charge in [0.25, 0.3) is 5.91 Å². The predicted octanol–water partition coefficient (Wildman–Crippen LogP) is -0.759. The van der Waals surface area contributed by atoms with Gasteiger partial charge in [-0.1, -0.05) is 0 Å². The van der Waals surface area contributed by atoms with Gasteiger partial charge in [0.15, 0.2) is 0 Å². The molecular formula is C7H12NO7P. The Kier molecular flexibility index (Phi) is 5.16. The van der Waals surface area contributed by atoms with Crippen LogP contribution in [0, 0.1) is 0 Å². The van der Waals surface area contributed by atoms with Crippen LogP contribution in [0.4, 0.5) is 0 Å². The predicted molar refractivity (Wildman–Crippen MR) is 51.9 cm³/mol. The maximum atomic E-state index is 11.4. The molecule has 1 amide bonds. The molecule has 0 aromatic heterocycles. The molecule has 0 spiro atoms. The van der Waals surface area contributed by atoms with Gasteiger partial charge in [0.2, 0.25) is 5.76 Å². The number of carbonyl (C=O) groups is 2. The summed E-state index contributed by atoms with van der Waals surface area (Å²) < 4.78 is 18.8. The van der Waals surface area contributed by atoms with Crippen molar-refractivity contribution in [3.8, 4) is 0 Å². The third-order valence-electron chi connectivity index (χ3n) is 1.28. The van der Waals surface area contributed by atoms with Crippen molar-refractivity contribution >= 4 is 19.7 Å². The Bertz CT molecular complexity index is 356. The van der Waals surface area contributed by atoms with Crippen LogP contribution in [0.1, 0.15) is 0 Å². The summed E-state index contributed by atoms with van der Waals surface area (Å²) in [6.45, 7) is 0. The van der Waals surface area contributed by atoms with Crippen LogP contribution in [0.3, 0.4) is 0 Å². The molecule has 0 atom stereocenters. The van der Waals surface area contributed by atoms with E-state index in [0.29, 0.717) is 6.08 Å². The summed E-state index contributed by atoms with van der Waals surface area (Å²) in [7, 11) is -1.20. The first-order chi connectivity index (χ1) is 7.17. The molecule has 0 aliphatic carbocycles. The van der Waals surface area contributed by atoms with Crippen molar-refractivity contribution in [1.82, 2.24) is 4.90 Å². The topological polar surface area (TPSA) is 113 Å². The molecule has 0 aromatic carbocycles. The van der Waals surface area contributed by atoms with Crippen molar-refractivity contribution in [3.05, 3.63) is 11.8 Å². The second kappa shape index (κ2) is 5.64. The minimum Gasteiger partial charge on any atom is -0.466 e. The van der Waals surface area contributed by atoms with Crippen LogP contribution in [0.2, 0.25) is 0 Å². The number of phosphoric ester groups is 1. The van der Waals surface area contributed by atoms with E-state index in [1.54, 1.807) is 0 Å². The molecule has 0 rings (SSSR count). The summed E-state index contributed by atoms with van der Waals surface area (Å²) in [6.07, 6.45) is 0.557. The lowest BCUT2D eigenvalue weighted by molar-refractivity contribution is -0.136. The first-order valence-corrected chi connectivity index (χ1v) is 5.47. The highest BCUT2D eigenvalue weighted by Gasteiger charge is 2.25. The van der Waals surface area contributed by atoms with Crippen LogP contribution < -0.4 is 0 Å². The van der Waals surface area contributed by atoms with E-state index in [0.717, 1.165) is 12.0 Å². The zero-order chi connectivity index (χ0) is 12.9. The standard InChI is InChI=1S/C7H12NO7P/c1-8(2)7(10)5(4-6(9)14-3)15-16(11,12)13/h4H,1-3H3,(H2,11,12,13). The maximum absolute atomic E-state index is 11.4. The van der Waals surface area contributed by atoms with Gasteiger partial charge in [-0.3, -0.25) is 14.6 Å². The van der Waals surface area contributed by atoms with Crippen LogP contribution in [0.5, 0.6) is 0 Å². The van der Waals surface area contributed by atoms with Crippen LogP contribution in [0.15, 0.2) is 11.8 Å². The Morgan fingerprint density at radius 1 is 1.31 bits per heavy atom. The fourth-order valence-electron chi connectivity index (χ4n) is 0.642. The van der Waals surface area contributed by atoms with Crippen molar-refractivity contribution < 1.29 is 33.2 Å². The van der Waals surface area contributed by atoms with E-state index < -0.39 is 25.5 Å². The molecule has 9 heteroatoms. The van der Waals surface area contributed by atoms with Gasteiger partial charge >= 0.3 is 13.8 Å². The largest absolute Gasteiger partial charge is 0.524 e. The van der Waals surface area contributed by atoms with Crippen LogP contribution in [0.25, 0.3) is 0 Å². The monoisotopic (exact) mass is 253 g/mol. The number of hydrogen-bond acceptors (Lipinski definition) is 5. The average molecular weight is 253 g/mol. The fraction of sp³-hybridized carbons (Fsp3) is 0.429. The summed E-state index contributed by atoms with van der Waals surface area (Å²) in [6, 6.07) is 0. The molecular weight excluding hydrogens is 241 g/mol. The quantitative estimate of drug-likeness (QED) is 0.293. The fourth-order valence-corrected chi connectivity index (χ4v) is 1.03. The molecule has 92 valence electrons. The molecule has 8 nitrogen and oxygen atoms in total. The Labute approximate surface area is 91.7 Å². The van der Waals surface area contributed by atoms with Gasteiger partial charge in [0.1, 0.15) is 0 Å². The molecule has 0 heterocycles. The number of methoxy groups -OCH3 is 1. The van der Waals surface area contributed by atoms with Crippen LogP contribution in [-0.2, 0) is 23.4 Å². The van der Waals surface area contributed by atoms with Gasteiger partial charge < -0.3 is 14.2 Å². The summed E-state index contributed by atoms with van der Waals surface area (Å²) in [5.41, 5.74) is 0. The Balaban J connectivity index is 5.07. The average Bonchev–Trinajstić information content (AvgIpc) is 2.13. The summed E-state index contributed by atoms with van der Waals surface area (Å²) >= 11 is 0. The van der Waals surface area contributed by atoms with Crippen molar-refractivity contribution in [1.29, 1.82) is 0 Å². The van der Waals surface area contributed by atoms with Crippen LogP contribution in [-0.4, -0.2) is 47.8 Å². The molecule has 0 saturated carbocycles. The first-order valence-electron chi connectivity index (χ1n) is 3.94. The normalized spacial score (nSPS) is 11.9. The van der Waals surface area contributed by atoms with Gasteiger partial charge in [0.05, 0.1) is 13.2 Å². The Morgan fingerprint density at radius 3 is 2.12 bits per heavy atom. The number of amides is 1. The van der Waals surface area contributed by atoms with Gasteiger partial charge in [-0.25, -0.2) is 9.36 Å². The number of ether oxygens (including phenoxy) is 1.